The minimum Gasteiger partial charge on any atom is -0.497 e. The zero-order chi connectivity index (χ0) is 13.6. The lowest BCUT2D eigenvalue weighted by molar-refractivity contribution is 0.0326. The van der Waals surface area contributed by atoms with E-state index < -0.39 is 0 Å². The van der Waals surface area contributed by atoms with Gasteiger partial charge in [0.25, 0.3) is 0 Å². The van der Waals surface area contributed by atoms with E-state index in [0.717, 1.165) is 18.6 Å². The van der Waals surface area contributed by atoms with Gasteiger partial charge in [-0.25, -0.2) is 4.79 Å². The van der Waals surface area contributed by atoms with Crippen LogP contribution in [0.1, 0.15) is 44.0 Å². The molecule has 0 aliphatic heterocycles. The fourth-order valence-corrected chi connectivity index (χ4v) is 1.82. The number of ether oxygens (including phenoxy) is 2. The van der Waals surface area contributed by atoms with Crippen LogP contribution in [0.25, 0.3) is 0 Å². The minimum absolute atomic E-state index is 0.0386. The summed E-state index contributed by atoms with van der Waals surface area (Å²) in [4.78, 5) is 11.8. The molecule has 0 N–H and O–H groups in total. The van der Waals surface area contributed by atoms with Gasteiger partial charge in [-0.2, -0.15) is 0 Å². The van der Waals surface area contributed by atoms with Crippen LogP contribution < -0.4 is 4.74 Å². The van der Waals surface area contributed by atoms with E-state index in [-0.39, 0.29) is 11.4 Å². The van der Waals surface area contributed by atoms with Crippen molar-refractivity contribution in [3.8, 4) is 5.75 Å². The summed E-state index contributed by atoms with van der Waals surface area (Å²) < 4.78 is 10.4. The normalized spacial score (nSPS) is 11.1. The molecule has 3 nitrogen and oxygen atoms in total. The summed E-state index contributed by atoms with van der Waals surface area (Å²) in [5.41, 5.74) is 0.597. The first-order valence-corrected chi connectivity index (χ1v) is 6.29. The van der Waals surface area contributed by atoms with Gasteiger partial charge in [0.05, 0.1) is 19.3 Å². The zero-order valence-corrected chi connectivity index (χ0v) is 11.7. The molecule has 0 radical (unpaired) electrons. The summed E-state index contributed by atoms with van der Waals surface area (Å²) in [6.45, 7) is 6.80. The van der Waals surface area contributed by atoms with Crippen LogP contribution in [0, 0.1) is 5.41 Å². The molecular formula is C15H22O3. The van der Waals surface area contributed by atoms with Crippen LogP contribution >= 0.6 is 0 Å². The van der Waals surface area contributed by atoms with E-state index in [0.29, 0.717) is 12.2 Å². The van der Waals surface area contributed by atoms with Gasteiger partial charge in [-0.05, 0) is 36.1 Å². The number of methoxy groups -OCH3 is 1. The Kier molecular flexibility index (Phi) is 5.20. The third-order valence-corrected chi connectivity index (χ3v) is 2.85. The third-order valence-electron chi connectivity index (χ3n) is 2.85. The van der Waals surface area contributed by atoms with Gasteiger partial charge in [0.1, 0.15) is 5.75 Å². The van der Waals surface area contributed by atoms with Gasteiger partial charge in [-0.15, -0.1) is 0 Å². The lowest BCUT2D eigenvalue weighted by Gasteiger charge is -2.23. The summed E-state index contributed by atoms with van der Waals surface area (Å²) in [7, 11) is 1.60. The molecule has 1 rings (SSSR count). The topological polar surface area (TPSA) is 35.5 Å². The number of hydrogen-bond acceptors (Lipinski definition) is 3. The van der Waals surface area contributed by atoms with Gasteiger partial charge in [0.15, 0.2) is 0 Å². The minimum atomic E-state index is -0.276. The van der Waals surface area contributed by atoms with Crippen molar-refractivity contribution in [1.29, 1.82) is 0 Å². The first kappa shape index (κ1) is 14.6. The van der Waals surface area contributed by atoms with Crippen molar-refractivity contribution in [3.63, 3.8) is 0 Å². The molecule has 1 aromatic carbocycles. The Labute approximate surface area is 109 Å². The quantitative estimate of drug-likeness (QED) is 0.722. The Morgan fingerprint density at radius 1 is 1.22 bits per heavy atom. The van der Waals surface area contributed by atoms with Gasteiger partial charge < -0.3 is 9.47 Å². The second kappa shape index (κ2) is 6.43. The largest absolute Gasteiger partial charge is 0.497 e. The van der Waals surface area contributed by atoms with Crippen LogP contribution in [0.5, 0.6) is 5.75 Å². The van der Waals surface area contributed by atoms with Crippen LogP contribution in [0.15, 0.2) is 24.3 Å². The first-order valence-electron chi connectivity index (χ1n) is 6.29. The standard InChI is InChI=1S/C15H22O3/c1-5-10-15(2,3)11-18-14(16)12-6-8-13(17-4)9-7-12/h6-9H,5,10-11H2,1-4H3. The first-order chi connectivity index (χ1) is 8.48. The van der Waals surface area contributed by atoms with Crippen molar-refractivity contribution < 1.29 is 14.3 Å². The van der Waals surface area contributed by atoms with Crippen molar-refractivity contribution in [2.45, 2.75) is 33.6 Å². The molecular weight excluding hydrogens is 228 g/mol. The predicted molar refractivity (Wildman–Crippen MR) is 72.0 cm³/mol. The number of hydrogen-bond donors (Lipinski definition) is 0. The maximum atomic E-state index is 11.8. The molecule has 0 unspecified atom stereocenters. The van der Waals surface area contributed by atoms with Crippen molar-refractivity contribution >= 4 is 5.97 Å². The van der Waals surface area contributed by atoms with Crippen LogP contribution in [0.2, 0.25) is 0 Å². The van der Waals surface area contributed by atoms with Crippen molar-refractivity contribution in [1.82, 2.24) is 0 Å². The second-order valence-corrected chi connectivity index (χ2v) is 5.22. The summed E-state index contributed by atoms with van der Waals surface area (Å²) >= 11 is 0. The molecule has 0 atom stereocenters. The summed E-state index contributed by atoms with van der Waals surface area (Å²) in [6.07, 6.45) is 2.13. The van der Waals surface area contributed by atoms with E-state index in [1.165, 1.54) is 0 Å². The average Bonchev–Trinajstić information content (AvgIpc) is 2.36. The van der Waals surface area contributed by atoms with Gasteiger partial charge in [-0.1, -0.05) is 27.2 Å². The Morgan fingerprint density at radius 3 is 2.33 bits per heavy atom. The second-order valence-electron chi connectivity index (χ2n) is 5.22. The number of rotatable bonds is 6. The molecule has 18 heavy (non-hydrogen) atoms. The van der Waals surface area contributed by atoms with E-state index in [2.05, 4.69) is 20.8 Å². The van der Waals surface area contributed by atoms with Gasteiger partial charge in [0, 0.05) is 0 Å². The Hall–Kier alpha value is -1.51. The smallest absolute Gasteiger partial charge is 0.338 e. The molecule has 0 spiro atoms. The SMILES string of the molecule is CCCC(C)(C)COC(=O)c1ccc(OC)cc1. The maximum Gasteiger partial charge on any atom is 0.338 e. The molecule has 0 saturated carbocycles. The van der Waals surface area contributed by atoms with Crippen molar-refractivity contribution in [2.75, 3.05) is 13.7 Å². The van der Waals surface area contributed by atoms with Crippen LogP contribution in [-0.4, -0.2) is 19.7 Å². The molecule has 100 valence electrons. The molecule has 0 bridgehead atoms. The molecule has 0 aliphatic rings. The molecule has 0 aromatic heterocycles. The highest BCUT2D eigenvalue weighted by atomic mass is 16.5. The summed E-state index contributed by atoms with van der Waals surface area (Å²) in [5, 5.41) is 0. The predicted octanol–water partition coefficient (Wildman–Crippen LogP) is 3.68. The van der Waals surface area contributed by atoms with Gasteiger partial charge in [-0.3, -0.25) is 0 Å². The maximum absolute atomic E-state index is 11.8. The number of benzene rings is 1. The molecule has 0 aliphatic carbocycles. The fraction of sp³-hybridized carbons (Fsp3) is 0.533. The highest BCUT2D eigenvalue weighted by Gasteiger charge is 2.19. The lowest BCUT2D eigenvalue weighted by Crippen LogP contribution is -2.21. The summed E-state index contributed by atoms with van der Waals surface area (Å²) in [5.74, 6) is 0.458. The molecule has 0 amide bonds. The van der Waals surface area contributed by atoms with Crippen LogP contribution in [0.4, 0.5) is 0 Å². The third kappa shape index (κ3) is 4.40. The fourth-order valence-electron chi connectivity index (χ4n) is 1.82. The Bertz CT molecular complexity index is 379. The van der Waals surface area contributed by atoms with Gasteiger partial charge in [0.2, 0.25) is 0 Å². The Balaban J connectivity index is 2.54. The highest BCUT2D eigenvalue weighted by molar-refractivity contribution is 5.89. The van der Waals surface area contributed by atoms with E-state index >= 15 is 0 Å². The zero-order valence-electron chi connectivity index (χ0n) is 11.7. The molecule has 1 aromatic rings. The van der Waals surface area contributed by atoms with E-state index in [4.69, 9.17) is 9.47 Å². The molecule has 0 fully saturated rings. The number of esters is 1. The van der Waals surface area contributed by atoms with Crippen molar-refractivity contribution in [3.05, 3.63) is 29.8 Å². The van der Waals surface area contributed by atoms with Crippen LogP contribution in [-0.2, 0) is 4.74 Å². The summed E-state index contributed by atoms with van der Waals surface area (Å²) in [6, 6.07) is 6.95. The average molecular weight is 250 g/mol. The van der Waals surface area contributed by atoms with Gasteiger partial charge >= 0.3 is 5.97 Å². The number of carbonyl (C=O) groups is 1. The Morgan fingerprint density at radius 2 is 1.83 bits per heavy atom. The van der Waals surface area contributed by atoms with E-state index in [1.807, 2.05) is 0 Å². The lowest BCUT2D eigenvalue weighted by atomic mass is 9.89. The van der Waals surface area contributed by atoms with E-state index in [9.17, 15) is 4.79 Å². The molecule has 3 heteroatoms. The van der Waals surface area contributed by atoms with E-state index in [1.54, 1.807) is 31.4 Å². The molecule has 0 saturated heterocycles. The number of carbonyl (C=O) groups excluding carboxylic acids is 1. The van der Waals surface area contributed by atoms with Crippen LogP contribution in [0.3, 0.4) is 0 Å². The monoisotopic (exact) mass is 250 g/mol. The highest BCUT2D eigenvalue weighted by Crippen LogP contribution is 2.23. The van der Waals surface area contributed by atoms with Crippen molar-refractivity contribution in [2.24, 2.45) is 5.41 Å². The molecule has 0 heterocycles.